The Morgan fingerprint density at radius 2 is 1.79 bits per heavy atom. The molecule has 1 aromatic rings. The minimum Gasteiger partial charge on any atom is -0.508 e. The lowest BCUT2D eigenvalue weighted by Crippen LogP contribution is -2.67. The van der Waals surface area contributed by atoms with Gasteiger partial charge in [0, 0.05) is 12.5 Å². The number of carboxylic acid groups (broad SMARTS) is 1. The Hall–Kier alpha value is -2.16. The first-order valence-corrected chi connectivity index (χ1v) is 5.10. The Morgan fingerprint density at radius 1 is 1.21 bits per heavy atom. The van der Waals surface area contributed by atoms with Gasteiger partial charge in [0.25, 0.3) is 11.5 Å². The Balaban J connectivity index is 3.35. The molecule has 0 aromatic heterocycles. The van der Waals surface area contributed by atoms with Crippen molar-refractivity contribution in [1.82, 2.24) is 5.32 Å². The molecule has 0 bridgehead atoms. The van der Waals surface area contributed by atoms with Crippen molar-refractivity contribution in [2.24, 2.45) is 0 Å². The number of phenols is 1. The van der Waals surface area contributed by atoms with Crippen molar-refractivity contribution in [2.45, 2.75) is 18.4 Å². The molecule has 0 saturated carbocycles. The topological polar surface area (TPSA) is 147 Å². The summed E-state index contributed by atoms with van der Waals surface area (Å²) in [5.41, 5.74) is -3.88. The van der Waals surface area contributed by atoms with Crippen LogP contribution in [0.2, 0.25) is 0 Å². The van der Waals surface area contributed by atoms with E-state index in [-0.39, 0.29) is 5.75 Å². The van der Waals surface area contributed by atoms with Crippen molar-refractivity contribution in [3.05, 3.63) is 29.8 Å². The van der Waals surface area contributed by atoms with E-state index in [0.29, 0.717) is 0 Å². The highest BCUT2D eigenvalue weighted by atomic mass is 16.5. The van der Waals surface area contributed by atoms with Crippen LogP contribution in [0, 0.1) is 0 Å². The van der Waals surface area contributed by atoms with E-state index in [1.807, 2.05) is 0 Å². The number of aliphatic carboxylic acids is 1. The molecule has 0 aliphatic carbocycles. The molecule has 1 aromatic carbocycles. The number of phenolic OH excluding ortho intramolecular Hbond substituents is 1. The van der Waals surface area contributed by atoms with Gasteiger partial charge in [-0.15, -0.1) is 0 Å². The molecule has 0 radical (unpaired) electrons. The molecular weight excluding hydrogens is 258 g/mol. The molecule has 0 heterocycles. The Labute approximate surface area is 107 Å². The van der Waals surface area contributed by atoms with Crippen molar-refractivity contribution in [1.29, 1.82) is 0 Å². The summed E-state index contributed by atoms with van der Waals surface area (Å²) in [4.78, 5) is 21.9. The fourth-order valence-corrected chi connectivity index (χ4v) is 1.48. The summed E-state index contributed by atoms with van der Waals surface area (Å²) in [7, 11) is 0. The summed E-state index contributed by atoms with van der Waals surface area (Å²) in [5, 5.41) is 49.2. The van der Waals surface area contributed by atoms with Gasteiger partial charge in [0.2, 0.25) is 5.91 Å². The number of aliphatic hydroxyl groups is 3. The third-order valence-electron chi connectivity index (χ3n) is 2.42. The van der Waals surface area contributed by atoms with Gasteiger partial charge in [-0.2, -0.15) is 0 Å². The first kappa shape index (κ1) is 14.9. The highest BCUT2D eigenvalue weighted by Gasteiger charge is 2.57. The number of aromatic hydroxyl groups is 1. The van der Waals surface area contributed by atoms with Crippen LogP contribution in [0.3, 0.4) is 0 Å². The number of benzene rings is 1. The van der Waals surface area contributed by atoms with Crippen molar-refractivity contribution >= 4 is 11.9 Å². The van der Waals surface area contributed by atoms with E-state index in [2.05, 4.69) is 0 Å². The lowest BCUT2D eigenvalue weighted by molar-refractivity contribution is -0.289. The molecule has 0 aliphatic rings. The summed E-state index contributed by atoms with van der Waals surface area (Å²) in [6, 6.07) is 4.32. The Bertz CT molecular complexity index is 514. The summed E-state index contributed by atoms with van der Waals surface area (Å²) in [5.74, 6) is -6.78. The number of amides is 1. The summed E-state index contributed by atoms with van der Waals surface area (Å²) >= 11 is 0. The highest BCUT2D eigenvalue weighted by molar-refractivity contribution is 5.85. The second-order valence-electron chi connectivity index (χ2n) is 3.92. The van der Waals surface area contributed by atoms with Crippen molar-refractivity contribution in [3.63, 3.8) is 0 Å². The molecule has 0 aliphatic heterocycles. The minimum atomic E-state index is -3.37. The van der Waals surface area contributed by atoms with Crippen LogP contribution < -0.4 is 5.32 Å². The zero-order valence-electron chi connectivity index (χ0n) is 9.86. The van der Waals surface area contributed by atoms with Crippen LogP contribution in [0.1, 0.15) is 12.5 Å². The summed E-state index contributed by atoms with van der Waals surface area (Å²) < 4.78 is 0. The highest BCUT2D eigenvalue weighted by Crippen LogP contribution is 2.31. The first-order valence-electron chi connectivity index (χ1n) is 5.10. The van der Waals surface area contributed by atoms with E-state index in [0.717, 1.165) is 19.1 Å². The second kappa shape index (κ2) is 4.84. The molecule has 104 valence electrons. The van der Waals surface area contributed by atoms with Gasteiger partial charge >= 0.3 is 5.97 Å². The number of carbonyl (C=O) groups is 2. The zero-order valence-corrected chi connectivity index (χ0v) is 9.86. The van der Waals surface area contributed by atoms with Gasteiger partial charge < -0.3 is 30.8 Å². The number of carboxylic acids is 1. The Morgan fingerprint density at radius 3 is 2.21 bits per heavy atom. The fraction of sp³-hybridized carbons (Fsp3) is 0.273. The van der Waals surface area contributed by atoms with Crippen LogP contribution >= 0.6 is 0 Å². The lowest BCUT2D eigenvalue weighted by atomic mass is 9.94. The van der Waals surface area contributed by atoms with E-state index >= 15 is 0 Å². The number of rotatable bonds is 4. The van der Waals surface area contributed by atoms with Crippen LogP contribution in [0.25, 0.3) is 0 Å². The second-order valence-corrected chi connectivity index (χ2v) is 3.92. The molecule has 1 rings (SSSR count). The van der Waals surface area contributed by atoms with E-state index < -0.39 is 29.0 Å². The van der Waals surface area contributed by atoms with Crippen LogP contribution in [-0.2, 0) is 15.4 Å². The molecule has 8 nitrogen and oxygen atoms in total. The van der Waals surface area contributed by atoms with Crippen molar-refractivity contribution in [2.75, 3.05) is 0 Å². The quantitative estimate of drug-likeness (QED) is 0.363. The molecule has 1 atom stereocenters. The molecular formula is C11H13NO7. The van der Waals surface area contributed by atoms with Crippen LogP contribution in [0.15, 0.2) is 24.3 Å². The minimum absolute atomic E-state index is 0.375. The lowest BCUT2D eigenvalue weighted by Gasteiger charge is -2.36. The maximum atomic E-state index is 11.0. The zero-order chi connectivity index (χ0) is 14.8. The molecule has 6 N–H and O–H groups in total. The van der Waals surface area contributed by atoms with Gasteiger partial charge in [0.1, 0.15) is 5.75 Å². The van der Waals surface area contributed by atoms with Crippen LogP contribution in [0.4, 0.5) is 0 Å². The largest absolute Gasteiger partial charge is 0.508 e. The maximum absolute atomic E-state index is 11.0. The molecule has 1 amide bonds. The fourth-order valence-electron chi connectivity index (χ4n) is 1.48. The van der Waals surface area contributed by atoms with Crippen LogP contribution in [0.5, 0.6) is 5.75 Å². The van der Waals surface area contributed by atoms with Crippen LogP contribution in [-0.4, -0.2) is 43.1 Å². The normalized spacial score (nSPS) is 14.5. The molecule has 0 fully saturated rings. The molecule has 19 heavy (non-hydrogen) atoms. The van der Waals surface area contributed by atoms with Crippen molar-refractivity contribution in [3.8, 4) is 5.75 Å². The van der Waals surface area contributed by atoms with E-state index in [9.17, 15) is 30.0 Å². The van der Waals surface area contributed by atoms with Gasteiger partial charge in [-0.1, -0.05) is 12.1 Å². The number of carbonyl (C=O) groups excluding carboxylic acids is 1. The third-order valence-corrected chi connectivity index (χ3v) is 2.42. The maximum Gasteiger partial charge on any atom is 0.363 e. The molecule has 1 unspecified atom stereocenters. The smallest absolute Gasteiger partial charge is 0.363 e. The predicted molar refractivity (Wildman–Crippen MR) is 60.6 cm³/mol. The number of hydrogen-bond acceptors (Lipinski definition) is 6. The van der Waals surface area contributed by atoms with Crippen molar-refractivity contribution < 1.29 is 35.1 Å². The Kier molecular flexibility index (Phi) is 3.80. The van der Waals surface area contributed by atoms with Gasteiger partial charge in [0.05, 0.1) is 0 Å². The summed E-state index contributed by atoms with van der Waals surface area (Å²) in [6.07, 6.45) is 0. The van der Waals surface area contributed by atoms with Gasteiger partial charge in [-0.05, 0) is 12.1 Å². The third kappa shape index (κ3) is 2.65. The SMILES string of the molecule is CC(=O)NC(O)(C(=O)O)C(O)(O)c1cccc(O)c1. The molecule has 0 spiro atoms. The van der Waals surface area contributed by atoms with E-state index in [1.165, 1.54) is 12.1 Å². The summed E-state index contributed by atoms with van der Waals surface area (Å²) in [6.45, 7) is 0.895. The number of hydrogen-bond donors (Lipinski definition) is 6. The van der Waals surface area contributed by atoms with Gasteiger partial charge in [-0.25, -0.2) is 4.79 Å². The van der Waals surface area contributed by atoms with Gasteiger partial charge in [0.15, 0.2) is 0 Å². The van der Waals surface area contributed by atoms with Gasteiger partial charge in [-0.3, -0.25) is 4.79 Å². The standard InChI is InChI=1S/C11H13NO7/c1-6(13)12-10(17,9(15)16)11(18,19)7-3-2-4-8(14)5-7/h2-5,14,17-19H,1H3,(H,12,13)(H,15,16). The average molecular weight is 271 g/mol. The average Bonchev–Trinajstić information content (AvgIpc) is 2.27. The van der Waals surface area contributed by atoms with E-state index in [1.54, 1.807) is 5.32 Å². The molecule has 0 saturated heterocycles. The predicted octanol–water partition coefficient (Wildman–Crippen LogP) is -1.56. The monoisotopic (exact) mass is 271 g/mol. The first-order chi connectivity index (χ1) is 8.61. The number of nitrogens with one attached hydrogen (secondary N) is 1. The van der Waals surface area contributed by atoms with E-state index in [4.69, 9.17) is 5.11 Å². The molecule has 8 heteroatoms.